The molecule has 1 N–H and O–H groups in total. The zero-order valence-corrected chi connectivity index (χ0v) is 11.1. The van der Waals surface area contributed by atoms with Crippen molar-refractivity contribution < 1.29 is 9.90 Å². The van der Waals surface area contributed by atoms with E-state index in [1.54, 1.807) is 17.4 Å². The van der Waals surface area contributed by atoms with Crippen LogP contribution in [-0.4, -0.2) is 16.1 Å². The number of thiophene rings is 1. The highest BCUT2D eigenvalue weighted by atomic mass is 32.1. The summed E-state index contributed by atoms with van der Waals surface area (Å²) in [5.74, 6) is -0.922. The van der Waals surface area contributed by atoms with Gasteiger partial charge >= 0.3 is 5.97 Å². The third-order valence-electron chi connectivity index (χ3n) is 3.01. The Bertz CT molecular complexity index is 763. The number of aromatic carboxylic acids is 1. The standard InChI is InChI=1S/C15H11NO2S/c1-9-2-3-13-11(6-9)12(15(17)18)7-14(16-13)10-4-5-19-8-10/h2-8H,1H3,(H,17,18). The van der Waals surface area contributed by atoms with Crippen LogP contribution in [-0.2, 0) is 0 Å². The average molecular weight is 269 g/mol. The lowest BCUT2D eigenvalue weighted by molar-refractivity contribution is 0.0699. The lowest BCUT2D eigenvalue weighted by Gasteiger charge is -2.06. The van der Waals surface area contributed by atoms with E-state index in [2.05, 4.69) is 4.98 Å². The van der Waals surface area contributed by atoms with Crippen molar-refractivity contribution in [1.29, 1.82) is 0 Å². The molecule has 0 atom stereocenters. The second kappa shape index (κ2) is 4.48. The fraction of sp³-hybridized carbons (Fsp3) is 0.0667. The van der Waals surface area contributed by atoms with Gasteiger partial charge in [0.15, 0.2) is 0 Å². The van der Waals surface area contributed by atoms with E-state index in [1.165, 1.54) is 0 Å². The zero-order valence-electron chi connectivity index (χ0n) is 10.3. The molecule has 0 saturated heterocycles. The molecule has 0 spiro atoms. The van der Waals surface area contributed by atoms with Gasteiger partial charge in [0.2, 0.25) is 0 Å². The average Bonchev–Trinajstić information content (AvgIpc) is 2.91. The number of carboxylic acid groups (broad SMARTS) is 1. The molecule has 4 heteroatoms. The van der Waals surface area contributed by atoms with Gasteiger partial charge in [0.05, 0.1) is 16.8 Å². The molecule has 19 heavy (non-hydrogen) atoms. The van der Waals surface area contributed by atoms with E-state index in [9.17, 15) is 9.90 Å². The van der Waals surface area contributed by atoms with Crippen molar-refractivity contribution in [1.82, 2.24) is 4.98 Å². The van der Waals surface area contributed by atoms with Gasteiger partial charge in [-0.15, -0.1) is 0 Å². The zero-order chi connectivity index (χ0) is 13.4. The van der Waals surface area contributed by atoms with Crippen molar-refractivity contribution in [3.05, 3.63) is 52.2 Å². The van der Waals surface area contributed by atoms with Crippen molar-refractivity contribution in [3.8, 4) is 11.3 Å². The van der Waals surface area contributed by atoms with Crippen LogP contribution in [0.1, 0.15) is 15.9 Å². The third kappa shape index (κ3) is 2.11. The first-order valence-electron chi connectivity index (χ1n) is 5.82. The maximum atomic E-state index is 11.4. The Kier molecular flexibility index (Phi) is 2.80. The fourth-order valence-electron chi connectivity index (χ4n) is 2.07. The highest BCUT2D eigenvalue weighted by Gasteiger charge is 2.13. The maximum absolute atomic E-state index is 11.4. The van der Waals surface area contributed by atoms with Crippen LogP contribution < -0.4 is 0 Å². The quantitative estimate of drug-likeness (QED) is 0.765. The van der Waals surface area contributed by atoms with Crippen molar-refractivity contribution in [2.24, 2.45) is 0 Å². The van der Waals surface area contributed by atoms with Crippen molar-refractivity contribution in [2.75, 3.05) is 0 Å². The molecule has 0 aliphatic rings. The molecular weight excluding hydrogens is 258 g/mol. The van der Waals surface area contributed by atoms with Crippen LogP contribution in [0.3, 0.4) is 0 Å². The minimum atomic E-state index is -0.922. The molecule has 2 heterocycles. The van der Waals surface area contributed by atoms with Crippen LogP contribution in [0, 0.1) is 6.92 Å². The number of fused-ring (bicyclic) bond motifs is 1. The van der Waals surface area contributed by atoms with Gasteiger partial charge in [-0.25, -0.2) is 9.78 Å². The van der Waals surface area contributed by atoms with E-state index in [0.717, 1.165) is 11.1 Å². The number of rotatable bonds is 2. The number of nitrogens with zero attached hydrogens (tertiary/aromatic N) is 1. The summed E-state index contributed by atoms with van der Waals surface area (Å²) in [6, 6.07) is 9.26. The number of hydrogen-bond acceptors (Lipinski definition) is 3. The first-order chi connectivity index (χ1) is 9.15. The van der Waals surface area contributed by atoms with Crippen molar-refractivity contribution in [3.63, 3.8) is 0 Å². The highest BCUT2D eigenvalue weighted by Crippen LogP contribution is 2.26. The molecule has 94 valence electrons. The summed E-state index contributed by atoms with van der Waals surface area (Å²) in [5.41, 5.74) is 3.70. The Morgan fingerprint density at radius 2 is 2.11 bits per heavy atom. The first-order valence-corrected chi connectivity index (χ1v) is 6.77. The Morgan fingerprint density at radius 3 is 2.79 bits per heavy atom. The molecule has 0 unspecified atom stereocenters. The van der Waals surface area contributed by atoms with E-state index >= 15 is 0 Å². The monoisotopic (exact) mass is 269 g/mol. The molecule has 3 aromatic rings. The lowest BCUT2D eigenvalue weighted by Crippen LogP contribution is -2.00. The predicted octanol–water partition coefficient (Wildman–Crippen LogP) is 3.97. The van der Waals surface area contributed by atoms with E-state index in [1.807, 2.05) is 41.9 Å². The smallest absolute Gasteiger partial charge is 0.336 e. The van der Waals surface area contributed by atoms with Gasteiger partial charge in [-0.1, -0.05) is 11.6 Å². The normalized spacial score (nSPS) is 10.8. The Labute approximate surface area is 114 Å². The van der Waals surface area contributed by atoms with E-state index in [0.29, 0.717) is 22.2 Å². The van der Waals surface area contributed by atoms with Gasteiger partial charge in [0.1, 0.15) is 0 Å². The van der Waals surface area contributed by atoms with Crippen molar-refractivity contribution >= 4 is 28.2 Å². The number of pyridine rings is 1. The second-order valence-corrected chi connectivity index (χ2v) is 5.17. The van der Waals surface area contributed by atoms with Gasteiger partial charge in [0, 0.05) is 16.3 Å². The number of hydrogen-bond donors (Lipinski definition) is 1. The molecule has 3 rings (SSSR count). The van der Waals surface area contributed by atoms with Gasteiger partial charge in [-0.05, 0) is 36.6 Å². The van der Waals surface area contributed by atoms with E-state index in [4.69, 9.17) is 0 Å². The molecular formula is C15H11NO2S. The molecule has 2 aromatic heterocycles. The fourth-order valence-corrected chi connectivity index (χ4v) is 2.72. The Morgan fingerprint density at radius 1 is 1.26 bits per heavy atom. The number of carboxylic acids is 1. The summed E-state index contributed by atoms with van der Waals surface area (Å²) in [6.45, 7) is 1.94. The molecule has 0 fully saturated rings. The molecule has 0 aliphatic heterocycles. The number of aromatic nitrogens is 1. The van der Waals surface area contributed by atoms with Gasteiger partial charge in [0.25, 0.3) is 0 Å². The Balaban J connectivity index is 2.34. The summed E-state index contributed by atoms with van der Waals surface area (Å²) >= 11 is 1.57. The molecule has 0 bridgehead atoms. The Hall–Kier alpha value is -2.20. The number of carbonyl (C=O) groups is 1. The first kappa shape index (κ1) is 11.9. The lowest BCUT2D eigenvalue weighted by atomic mass is 10.0. The van der Waals surface area contributed by atoms with Crippen LogP contribution in [0.2, 0.25) is 0 Å². The van der Waals surface area contributed by atoms with Crippen LogP contribution in [0.5, 0.6) is 0 Å². The topological polar surface area (TPSA) is 50.2 Å². The van der Waals surface area contributed by atoms with Crippen LogP contribution >= 0.6 is 11.3 Å². The van der Waals surface area contributed by atoms with Crippen molar-refractivity contribution in [2.45, 2.75) is 6.92 Å². The van der Waals surface area contributed by atoms with Crippen LogP contribution in [0.4, 0.5) is 0 Å². The summed E-state index contributed by atoms with van der Waals surface area (Å²) in [7, 11) is 0. The molecule has 1 aromatic carbocycles. The third-order valence-corrected chi connectivity index (χ3v) is 3.69. The van der Waals surface area contributed by atoms with E-state index in [-0.39, 0.29) is 0 Å². The largest absolute Gasteiger partial charge is 0.478 e. The number of benzene rings is 1. The minimum Gasteiger partial charge on any atom is -0.478 e. The van der Waals surface area contributed by atoms with Gasteiger partial charge in [-0.2, -0.15) is 11.3 Å². The maximum Gasteiger partial charge on any atom is 0.336 e. The van der Waals surface area contributed by atoms with Gasteiger partial charge < -0.3 is 5.11 Å². The van der Waals surface area contributed by atoms with Crippen LogP contribution in [0.25, 0.3) is 22.2 Å². The number of aryl methyl sites for hydroxylation is 1. The summed E-state index contributed by atoms with van der Waals surface area (Å²) in [6.07, 6.45) is 0. The molecule has 3 nitrogen and oxygen atoms in total. The van der Waals surface area contributed by atoms with Gasteiger partial charge in [-0.3, -0.25) is 0 Å². The summed E-state index contributed by atoms with van der Waals surface area (Å²) in [5, 5.41) is 14.0. The summed E-state index contributed by atoms with van der Waals surface area (Å²) in [4.78, 5) is 16.0. The molecule has 0 amide bonds. The highest BCUT2D eigenvalue weighted by molar-refractivity contribution is 7.08. The molecule has 0 saturated carbocycles. The molecule has 0 aliphatic carbocycles. The minimum absolute atomic E-state index is 0.301. The summed E-state index contributed by atoms with van der Waals surface area (Å²) < 4.78 is 0. The van der Waals surface area contributed by atoms with Crippen LogP contribution in [0.15, 0.2) is 41.1 Å². The van der Waals surface area contributed by atoms with E-state index < -0.39 is 5.97 Å². The second-order valence-electron chi connectivity index (χ2n) is 4.39. The molecule has 0 radical (unpaired) electrons. The SMILES string of the molecule is Cc1ccc2nc(-c3ccsc3)cc(C(=O)O)c2c1. The predicted molar refractivity (Wildman–Crippen MR) is 76.8 cm³/mol.